The predicted octanol–water partition coefficient (Wildman–Crippen LogP) is 2.03. The van der Waals surface area contributed by atoms with Crippen LogP contribution in [0.25, 0.3) is 0 Å². The summed E-state index contributed by atoms with van der Waals surface area (Å²) in [6, 6.07) is 0. The molecule has 7 nitrogen and oxygen atoms in total. The fourth-order valence-electron chi connectivity index (χ4n) is 1.60. The quantitative estimate of drug-likeness (QED) is 0.375. The number of hydrogen-bond acceptors (Lipinski definition) is 6. The van der Waals surface area contributed by atoms with Crippen LogP contribution in [0.3, 0.4) is 0 Å². The molecule has 0 fully saturated rings. The summed E-state index contributed by atoms with van der Waals surface area (Å²) in [5.74, 6) is 0.0753. The molecule has 0 aliphatic carbocycles. The van der Waals surface area contributed by atoms with Crippen LogP contribution in [0.4, 0.5) is 0 Å². The summed E-state index contributed by atoms with van der Waals surface area (Å²) in [5.41, 5.74) is 0. The molecule has 0 heterocycles. The second kappa shape index (κ2) is 25.5. The first kappa shape index (κ1) is 26.5. The first-order chi connectivity index (χ1) is 12.3. The van der Waals surface area contributed by atoms with Crippen molar-refractivity contribution >= 4 is 5.91 Å². The van der Waals surface area contributed by atoms with Gasteiger partial charge in [-0.15, -0.1) is 0 Å². The fraction of sp³-hybridized carbons (Fsp3) is 0.944. The molecule has 1 N–H and O–H groups in total. The zero-order valence-corrected chi connectivity index (χ0v) is 16.6. The van der Waals surface area contributed by atoms with Gasteiger partial charge < -0.3 is 29.0 Å². The van der Waals surface area contributed by atoms with Gasteiger partial charge in [-0.1, -0.05) is 20.8 Å². The average Bonchev–Trinajstić information content (AvgIpc) is 2.63. The summed E-state index contributed by atoms with van der Waals surface area (Å²) in [7, 11) is 0. The molecule has 0 aromatic heterocycles. The van der Waals surface area contributed by atoms with Crippen molar-refractivity contribution in [1.29, 1.82) is 0 Å². The lowest BCUT2D eigenvalue weighted by Crippen LogP contribution is -2.27. The Morgan fingerprint density at radius 1 is 0.680 bits per heavy atom. The molecule has 0 bridgehead atoms. The van der Waals surface area contributed by atoms with Crippen LogP contribution in [-0.2, 0) is 28.5 Å². The fourth-order valence-corrected chi connectivity index (χ4v) is 1.60. The summed E-state index contributed by atoms with van der Waals surface area (Å²) in [5, 5.41) is 2.79. The van der Waals surface area contributed by atoms with Crippen molar-refractivity contribution in [3.8, 4) is 0 Å². The van der Waals surface area contributed by atoms with Crippen molar-refractivity contribution in [2.75, 3.05) is 72.6 Å². The minimum atomic E-state index is 0.0753. The summed E-state index contributed by atoms with van der Waals surface area (Å²) in [6.45, 7) is 14.2. The third kappa shape index (κ3) is 25.6. The van der Waals surface area contributed by atoms with Gasteiger partial charge >= 0.3 is 0 Å². The minimum Gasteiger partial charge on any atom is -0.379 e. The maximum Gasteiger partial charge on any atom is 0.220 e. The van der Waals surface area contributed by atoms with E-state index in [1.165, 1.54) is 0 Å². The molecule has 0 radical (unpaired) electrons. The van der Waals surface area contributed by atoms with Crippen LogP contribution >= 0.6 is 0 Å². The molecule has 7 heteroatoms. The second-order valence-electron chi connectivity index (χ2n) is 4.75. The van der Waals surface area contributed by atoms with Gasteiger partial charge in [-0.05, 0) is 13.3 Å². The summed E-state index contributed by atoms with van der Waals surface area (Å²) < 4.78 is 26.5. The smallest absolute Gasteiger partial charge is 0.220 e. The molecule has 0 aliphatic heterocycles. The molecule has 0 atom stereocenters. The Labute approximate surface area is 153 Å². The maximum absolute atomic E-state index is 11.2. The number of rotatable bonds is 18. The van der Waals surface area contributed by atoms with Crippen LogP contribution < -0.4 is 5.32 Å². The van der Waals surface area contributed by atoms with E-state index < -0.39 is 0 Å². The molecule has 0 saturated carbocycles. The lowest BCUT2D eigenvalue weighted by atomic mass is 10.3. The lowest BCUT2D eigenvalue weighted by Gasteiger charge is -2.08. The van der Waals surface area contributed by atoms with Gasteiger partial charge in [0.25, 0.3) is 0 Å². The Bertz CT molecular complexity index is 254. The monoisotopic (exact) mass is 365 g/mol. The number of amides is 1. The Morgan fingerprint density at radius 3 is 1.48 bits per heavy atom. The van der Waals surface area contributed by atoms with E-state index in [0.717, 1.165) is 6.42 Å². The Hall–Kier alpha value is -0.730. The van der Waals surface area contributed by atoms with E-state index in [1.54, 1.807) is 0 Å². The van der Waals surface area contributed by atoms with E-state index in [1.807, 2.05) is 27.7 Å². The van der Waals surface area contributed by atoms with Gasteiger partial charge in [0, 0.05) is 19.6 Å². The Morgan fingerprint density at radius 2 is 1.08 bits per heavy atom. The van der Waals surface area contributed by atoms with Crippen molar-refractivity contribution in [3.63, 3.8) is 0 Å². The first-order valence-electron chi connectivity index (χ1n) is 9.46. The molecule has 0 saturated heterocycles. The van der Waals surface area contributed by atoms with Crippen LogP contribution in [0.1, 0.15) is 40.5 Å². The van der Waals surface area contributed by atoms with Crippen LogP contribution in [-0.4, -0.2) is 78.5 Å². The second-order valence-corrected chi connectivity index (χ2v) is 4.75. The maximum atomic E-state index is 11.2. The molecule has 0 aliphatic rings. The topological polar surface area (TPSA) is 75.3 Å². The van der Waals surface area contributed by atoms with Gasteiger partial charge in [-0.3, -0.25) is 4.79 Å². The Kier molecular flexibility index (Phi) is 27.0. The van der Waals surface area contributed by atoms with Gasteiger partial charge in [0.1, 0.15) is 0 Å². The SMILES string of the molecule is CC.CCCC(=O)NCCOCCOCCOCCOCCOCC. The zero-order chi connectivity index (χ0) is 19.0. The van der Waals surface area contributed by atoms with Crippen molar-refractivity contribution in [1.82, 2.24) is 5.32 Å². The highest BCUT2D eigenvalue weighted by Gasteiger charge is 1.97. The van der Waals surface area contributed by atoms with E-state index in [-0.39, 0.29) is 5.91 Å². The van der Waals surface area contributed by atoms with Crippen molar-refractivity contribution in [2.24, 2.45) is 0 Å². The van der Waals surface area contributed by atoms with Gasteiger partial charge in [0.2, 0.25) is 5.91 Å². The number of hydrogen-bond donors (Lipinski definition) is 1. The van der Waals surface area contributed by atoms with Gasteiger partial charge in [-0.2, -0.15) is 0 Å². The third-order valence-electron chi connectivity index (χ3n) is 2.74. The molecule has 1 amide bonds. The van der Waals surface area contributed by atoms with Crippen LogP contribution in [0.5, 0.6) is 0 Å². The molecular weight excluding hydrogens is 326 g/mol. The number of carbonyl (C=O) groups is 1. The molecule has 152 valence electrons. The van der Waals surface area contributed by atoms with Gasteiger partial charge in [-0.25, -0.2) is 0 Å². The van der Waals surface area contributed by atoms with Crippen LogP contribution in [0, 0.1) is 0 Å². The normalized spacial score (nSPS) is 10.2. The summed E-state index contributed by atoms with van der Waals surface area (Å²) in [4.78, 5) is 11.2. The van der Waals surface area contributed by atoms with Gasteiger partial charge in [0.15, 0.2) is 0 Å². The third-order valence-corrected chi connectivity index (χ3v) is 2.74. The minimum absolute atomic E-state index is 0.0753. The molecule has 0 unspecified atom stereocenters. The van der Waals surface area contributed by atoms with Crippen molar-refractivity contribution in [2.45, 2.75) is 40.5 Å². The van der Waals surface area contributed by atoms with Crippen LogP contribution in [0.2, 0.25) is 0 Å². The summed E-state index contributed by atoms with van der Waals surface area (Å²) >= 11 is 0. The van der Waals surface area contributed by atoms with Crippen LogP contribution in [0.15, 0.2) is 0 Å². The standard InChI is InChI=1S/C16H33NO6.C2H6/c1-3-5-16(18)17-6-7-20-10-11-22-14-15-23-13-12-21-9-8-19-4-2;1-2/h3-15H2,1-2H3,(H,17,18);1-2H3. The molecule has 0 aromatic carbocycles. The Balaban J connectivity index is 0. The highest BCUT2D eigenvalue weighted by molar-refractivity contribution is 5.75. The highest BCUT2D eigenvalue weighted by atomic mass is 16.6. The molecule has 0 rings (SSSR count). The molecular formula is C18H39NO6. The largest absolute Gasteiger partial charge is 0.379 e. The highest BCUT2D eigenvalue weighted by Crippen LogP contribution is 1.86. The van der Waals surface area contributed by atoms with Crippen molar-refractivity contribution in [3.05, 3.63) is 0 Å². The molecule has 0 aromatic rings. The van der Waals surface area contributed by atoms with E-state index in [2.05, 4.69) is 5.32 Å². The zero-order valence-electron chi connectivity index (χ0n) is 16.6. The van der Waals surface area contributed by atoms with Gasteiger partial charge in [0.05, 0.1) is 59.5 Å². The lowest BCUT2D eigenvalue weighted by molar-refractivity contribution is -0.121. The number of ether oxygens (including phenoxy) is 5. The number of carbonyl (C=O) groups excluding carboxylic acids is 1. The van der Waals surface area contributed by atoms with E-state index in [4.69, 9.17) is 23.7 Å². The van der Waals surface area contributed by atoms with E-state index in [0.29, 0.717) is 79.0 Å². The first-order valence-corrected chi connectivity index (χ1v) is 9.46. The molecule has 25 heavy (non-hydrogen) atoms. The number of nitrogens with one attached hydrogen (secondary N) is 1. The van der Waals surface area contributed by atoms with E-state index >= 15 is 0 Å². The molecule has 0 spiro atoms. The van der Waals surface area contributed by atoms with E-state index in [9.17, 15) is 4.79 Å². The van der Waals surface area contributed by atoms with Crippen molar-refractivity contribution < 1.29 is 28.5 Å². The predicted molar refractivity (Wildman–Crippen MR) is 99.0 cm³/mol. The average molecular weight is 366 g/mol. The summed E-state index contributed by atoms with van der Waals surface area (Å²) in [6.07, 6.45) is 1.43.